The van der Waals surface area contributed by atoms with Crippen molar-refractivity contribution in [3.63, 3.8) is 0 Å². The number of amides is 1. The molecule has 2 aromatic carbocycles. The lowest BCUT2D eigenvalue weighted by atomic mass is 9.94. The van der Waals surface area contributed by atoms with Crippen molar-refractivity contribution in [3.8, 4) is 11.5 Å². The number of benzene rings is 2. The summed E-state index contributed by atoms with van der Waals surface area (Å²) in [5.41, 5.74) is 4.56. The van der Waals surface area contributed by atoms with Gasteiger partial charge in [0.05, 0.1) is 0 Å². The number of fused-ring (bicyclic) bond motifs is 1. The van der Waals surface area contributed by atoms with E-state index in [1.54, 1.807) is 12.1 Å². The Bertz CT molecular complexity index is 1050. The second kappa shape index (κ2) is 7.35. The monoisotopic (exact) mass is 374 g/mol. The third kappa shape index (κ3) is 3.56. The van der Waals surface area contributed by atoms with Gasteiger partial charge in [-0.2, -0.15) is 0 Å². The molecule has 5 heteroatoms. The Hall–Kier alpha value is -3.34. The lowest BCUT2D eigenvalue weighted by molar-refractivity contribution is 0.0971. The lowest BCUT2D eigenvalue weighted by Gasteiger charge is -2.09. The summed E-state index contributed by atoms with van der Waals surface area (Å²) in [6, 6.07) is 15.1. The maximum atomic E-state index is 12.7. The SMILES string of the molecule is Cc1cccc(Oc2ccc(NC(=O)c3[nH]c4c(c3C)C(=O)CCC4)cc2)c1. The van der Waals surface area contributed by atoms with E-state index in [1.165, 1.54) is 0 Å². The molecule has 2 N–H and O–H groups in total. The molecule has 5 nitrogen and oxygen atoms in total. The number of ether oxygens (including phenoxy) is 1. The summed E-state index contributed by atoms with van der Waals surface area (Å²) in [7, 11) is 0. The van der Waals surface area contributed by atoms with Gasteiger partial charge in [0.25, 0.3) is 5.91 Å². The van der Waals surface area contributed by atoms with Crippen molar-refractivity contribution in [2.45, 2.75) is 33.1 Å². The molecular formula is C23H22N2O3. The predicted octanol–water partition coefficient (Wildman–Crippen LogP) is 5.20. The Labute approximate surface area is 163 Å². The number of ketones is 1. The van der Waals surface area contributed by atoms with E-state index in [-0.39, 0.29) is 11.7 Å². The highest BCUT2D eigenvalue weighted by atomic mass is 16.5. The molecule has 0 unspecified atom stereocenters. The number of rotatable bonds is 4. The van der Waals surface area contributed by atoms with Gasteiger partial charge < -0.3 is 15.0 Å². The first kappa shape index (κ1) is 18.0. The Morgan fingerprint density at radius 2 is 1.82 bits per heavy atom. The second-order valence-electron chi connectivity index (χ2n) is 7.15. The summed E-state index contributed by atoms with van der Waals surface area (Å²) >= 11 is 0. The molecule has 0 saturated carbocycles. The molecule has 0 bridgehead atoms. The zero-order valence-electron chi connectivity index (χ0n) is 16.0. The van der Waals surface area contributed by atoms with Crippen LogP contribution in [-0.2, 0) is 6.42 Å². The number of hydrogen-bond acceptors (Lipinski definition) is 3. The molecule has 4 rings (SSSR count). The Morgan fingerprint density at radius 1 is 1.04 bits per heavy atom. The van der Waals surface area contributed by atoms with Crippen molar-refractivity contribution in [1.29, 1.82) is 0 Å². The molecule has 0 aliphatic heterocycles. The highest BCUT2D eigenvalue weighted by Crippen LogP contribution is 2.28. The highest BCUT2D eigenvalue weighted by Gasteiger charge is 2.26. The van der Waals surface area contributed by atoms with Crippen LogP contribution in [-0.4, -0.2) is 16.7 Å². The molecule has 3 aromatic rings. The van der Waals surface area contributed by atoms with Gasteiger partial charge in [-0.15, -0.1) is 0 Å². The molecule has 0 radical (unpaired) electrons. The van der Waals surface area contributed by atoms with Crippen LogP contribution in [0.3, 0.4) is 0 Å². The number of Topliss-reactive ketones (excluding diaryl/α,β-unsaturated/α-hetero) is 1. The zero-order chi connectivity index (χ0) is 19.7. The molecule has 142 valence electrons. The quantitative estimate of drug-likeness (QED) is 0.660. The molecule has 0 fully saturated rings. The zero-order valence-corrected chi connectivity index (χ0v) is 16.0. The molecule has 1 aromatic heterocycles. The number of carbonyl (C=O) groups excluding carboxylic acids is 2. The van der Waals surface area contributed by atoms with Gasteiger partial charge in [0.15, 0.2) is 5.78 Å². The van der Waals surface area contributed by atoms with E-state index in [1.807, 2.05) is 50.2 Å². The first-order valence-corrected chi connectivity index (χ1v) is 9.42. The average molecular weight is 374 g/mol. The standard InChI is InChI=1S/C23H22N2O3/c1-14-5-3-6-18(13-14)28-17-11-9-16(10-12-17)24-23(27)22-15(2)21-19(25-22)7-4-8-20(21)26/h3,5-6,9-13,25H,4,7-8H2,1-2H3,(H,24,27). The third-order valence-corrected chi connectivity index (χ3v) is 5.00. The van der Waals surface area contributed by atoms with E-state index in [0.29, 0.717) is 29.1 Å². The normalized spacial score (nSPS) is 13.1. The number of hydrogen-bond donors (Lipinski definition) is 2. The summed E-state index contributed by atoms with van der Waals surface area (Å²) in [6.07, 6.45) is 2.19. The fourth-order valence-corrected chi connectivity index (χ4v) is 3.62. The Kier molecular flexibility index (Phi) is 4.74. The van der Waals surface area contributed by atoms with Crippen molar-refractivity contribution in [3.05, 3.63) is 76.6 Å². The smallest absolute Gasteiger partial charge is 0.272 e. The van der Waals surface area contributed by atoms with Crippen LogP contribution in [0.15, 0.2) is 48.5 Å². The number of carbonyl (C=O) groups is 2. The number of aromatic amines is 1. The van der Waals surface area contributed by atoms with E-state index in [9.17, 15) is 9.59 Å². The van der Waals surface area contributed by atoms with Crippen molar-refractivity contribution in [2.24, 2.45) is 0 Å². The van der Waals surface area contributed by atoms with Gasteiger partial charge in [0, 0.05) is 23.4 Å². The molecule has 0 saturated heterocycles. The summed E-state index contributed by atoms with van der Waals surface area (Å²) in [5.74, 6) is 1.34. The van der Waals surface area contributed by atoms with Gasteiger partial charge in [-0.25, -0.2) is 0 Å². The van der Waals surface area contributed by atoms with E-state index in [4.69, 9.17) is 4.74 Å². The van der Waals surface area contributed by atoms with E-state index in [2.05, 4.69) is 10.3 Å². The fraction of sp³-hybridized carbons (Fsp3) is 0.217. The maximum Gasteiger partial charge on any atom is 0.272 e. The maximum absolute atomic E-state index is 12.7. The van der Waals surface area contributed by atoms with Gasteiger partial charge in [0.2, 0.25) is 0 Å². The van der Waals surface area contributed by atoms with Crippen LogP contribution >= 0.6 is 0 Å². The minimum atomic E-state index is -0.243. The van der Waals surface area contributed by atoms with Crippen molar-refractivity contribution in [1.82, 2.24) is 4.98 Å². The van der Waals surface area contributed by atoms with Gasteiger partial charge in [-0.3, -0.25) is 9.59 Å². The number of H-pyrrole nitrogens is 1. The number of nitrogens with one attached hydrogen (secondary N) is 2. The summed E-state index contributed by atoms with van der Waals surface area (Å²) in [5, 5.41) is 2.89. The van der Waals surface area contributed by atoms with Crippen LogP contribution in [0, 0.1) is 13.8 Å². The molecule has 1 aliphatic rings. The van der Waals surface area contributed by atoms with Crippen molar-refractivity contribution < 1.29 is 14.3 Å². The third-order valence-electron chi connectivity index (χ3n) is 5.00. The van der Waals surface area contributed by atoms with E-state index in [0.717, 1.165) is 35.4 Å². The van der Waals surface area contributed by atoms with Crippen molar-refractivity contribution in [2.75, 3.05) is 5.32 Å². The van der Waals surface area contributed by atoms with Crippen LogP contribution in [0.25, 0.3) is 0 Å². The Balaban J connectivity index is 1.47. The van der Waals surface area contributed by atoms with Gasteiger partial charge >= 0.3 is 0 Å². The summed E-state index contributed by atoms with van der Waals surface area (Å²) in [6.45, 7) is 3.84. The van der Waals surface area contributed by atoms with Crippen molar-refractivity contribution >= 4 is 17.4 Å². The van der Waals surface area contributed by atoms with Crippen LogP contribution in [0.2, 0.25) is 0 Å². The highest BCUT2D eigenvalue weighted by molar-refractivity contribution is 6.08. The first-order valence-electron chi connectivity index (χ1n) is 9.42. The topological polar surface area (TPSA) is 71.2 Å². The molecule has 28 heavy (non-hydrogen) atoms. The number of aromatic nitrogens is 1. The largest absolute Gasteiger partial charge is 0.457 e. The van der Waals surface area contributed by atoms with Gasteiger partial charge in [-0.1, -0.05) is 12.1 Å². The average Bonchev–Trinajstić information content (AvgIpc) is 3.01. The minimum absolute atomic E-state index is 0.117. The summed E-state index contributed by atoms with van der Waals surface area (Å²) < 4.78 is 5.83. The molecular weight excluding hydrogens is 352 g/mol. The molecule has 0 atom stereocenters. The van der Waals surface area contributed by atoms with E-state index < -0.39 is 0 Å². The van der Waals surface area contributed by atoms with E-state index >= 15 is 0 Å². The second-order valence-corrected chi connectivity index (χ2v) is 7.15. The van der Waals surface area contributed by atoms with Gasteiger partial charge in [-0.05, 0) is 74.2 Å². The minimum Gasteiger partial charge on any atom is -0.457 e. The first-order chi connectivity index (χ1) is 13.5. The van der Waals surface area contributed by atoms with Crippen LogP contribution in [0.1, 0.15) is 50.5 Å². The van der Waals surface area contributed by atoms with Gasteiger partial charge in [0.1, 0.15) is 17.2 Å². The van der Waals surface area contributed by atoms with Crippen LogP contribution in [0.5, 0.6) is 11.5 Å². The fourth-order valence-electron chi connectivity index (χ4n) is 3.62. The molecule has 1 aliphatic carbocycles. The molecule has 1 amide bonds. The molecule has 1 heterocycles. The van der Waals surface area contributed by atoms with Crippen LogP contribution < -0.4 is 10.1 Å². The van der Waals surface area contributed by atoms with Crippen LogP contribution in [0.4, 0.5) is 5.69 Å². The Morgan fingerprint density at radius 3 is 2.54 bits per heavy atom. The lowest BCUT2D eigenvalue weighted by Crippen LogP contribution is -2.13. The number of aryl methyl sites for hydroxylation is 2. The number of anilines is 1. The molecule has 0 spiro atoms. The summed E-state index contributed by atoms with van der Waals surface area (Å²) in [4.78, 5) is 28.0. The predicted molar refractivity (Wildman–Crippen MR) is 108 cm³/mol.